The molecule has 0 bridgehead atoms. The molecule has 2 heteroatoms. The lowest BCUT2D eigenvalue weighted by Gasteiger charge is -2.14. The van der Waals surface area contributed by atoms with Crippen LogP contribution in [0.2, 0.25) is 0 Å². The Morgan fingerprint density at radius 1 is 1.20 bits per heavy atom. The highest BCUT2D eigenvalue weighted by Gasteiger charge is 2.21. The van der Waals surface area contributed by atoms with Gasteiger partial charge in [-0.1, -0.05) is 42.0 Å². The van der Waals surface area contributed by atoms with Gasteiger partial charge >= 0.3 is 0 Å². The quantitative estimate of drug-likeness (QED) is 0.886. The first kappa shape index (κ1) is 13.3. The Labute approximate surface area is 119 Å². The average molecular weight is 269 g/mol. The van der Waals surface area contributed by atoms with Gasteiger partial charge in [0.05, 0.1) is 0 Å². The van der Waals surface area contributed by atoms with Gasteiger partial charge in [-0.2, -0.15) is 0 Å². The monoisotopic (exact) mass is 269 g/mol. The Balaban J connectivity index is 1.61. The lowest BCUT2D eigenvalue weighted by Crippen LogP contribution is -2.22. The number of nitrogens with one attached hydrogen (secondary N) is 1. The van der Waals surface area contributed by atoms with Crippen LogP contribution in [-0.4, -0.2) is 6.54 Å². The highest BCUT2D eigenvalue weighted by atomic mass is 19.1. The van der Waals surface area contributed by atoms with E-state index in [1.165, 1.54) is 22.8 Å². The Morgan fingerprint density at radius 3 is 2.90 bits per heavy atom. The van der Waals surface area contributed by atoms with E-state index in [-0.39, 0.29) is 5.82 Å². The zero-order valence-electron chi connectivity index (χ0n) is 11.8. The van der Waals surface area contributed by atoms with Crippen molar-refractivity contribution in [2.45, 2.75) is 32.2 Å². The van der Waals surface area contributed by atoms with Crippen molar-refractivity contribution in [2.75, 3.05) is 6.54 Å². The van der Waals surface area contributed by atoms with Crippen LogP contribution in [0.3, 0.4) is 0 Å². The fourth-order valence-electron chi connectivity index (χ4n) is 3.02. The molecular weight excluding hydrogens is 249 g/mol. The highest BCUT2D eigenvalue weighted by molar-refractivity contribution is 5.37. The SMILES string of the molecule is Cc1ccc2c(c1)C(NCCc1ccccc1F)CC2. The standard InChI is InChI=1S/C18H20FN/c1-13-6-7-14-8-9-18(16(14)12-13)20-11-10-15-4-2-3-5-17(15)19/h2-7,12,18,20H,8-11H2,1H3. The summed E-state index contributed by atoms with van der Waals surface area (Å²) in [5, 5.41) is 3.57. The van der Waals surface area contributed by atoms with Crippen molar-refractivity contribution in [2.24, 2.45) is 0 Å². The van der Waals surface area contributed by atoms with Gasteiger partial charge in [0.25, 0.3) is 0 Å². The Bertz CT molecular complexity index is 606. The molecule has 104 valence electrons. The molecule has 1 unspecified atom stereocenters. The first-order valence-electron chi connectivity index (χ1n) is 7.30. The summed E-state index contributed by atoms with van der Waals surface area (Å²) in [4.78, 5) is 0. The highest BCUT2D eigenvalue weighted by Crippen LogP contribution is 2.31. The second kappa shape index (κ2) is 5.76. The summed E-state index contributed by atoms with van der Waals surface area (Å²) in [7, 11) is 0. The second-order valence-corrected chi connectivity index (χ2v) is 5.59. The molecule has 1 N–H and O–H groups in total. The van der Waals surface area contributed by atoms with Crippen LogP contribution in [0.4, 0.5) is 4.39 Å². The van der Waals surface area contributed by atoms with Crippen LogP contribution in [0.25, 0.3) is 0 Å². The summed E-state index contributed by atoms with van der Waals surface area (Å²) >= 11 is 0. The lowest BCUT2D eigenvalue weighted by molar-refractivity contribution is 0.525. The van der Waals surface area contributed by atoms with Gasteiger partial charge in [0, 0.05) is 6.04 Å². The molecule has 0 saturated heterocycles. The molecular formula is C18H20FN. The normalized spacial score (nSPS) is 17.2. The minimum atomic E-state index is -0.100. The Morgan fingerprint density at radius 2 is 2.05 bits per heavy atom. The van der Waals surface area contributed by atoms with Crippen LogP contribution in [0.1, 0.15) is 34.7 Å². The molecule has 0 aliphatic heterocycles. The number of hydrogen-bond donors (Lipinski definition) is 1. The maximum atomic E-state index is 13.6. The molecule has 1 aliphatic rings. The lowest BCUT2D eigenvalue weighted by atomic mass is 10.0. The average Bonchev–Trinajstić information content (AvgIpc) is 2.83. The minimum absolute atomic E-state index is 0.100. The number of aryl methyl sites for hydroxylation is 2. The van der Waals surface area contributed by atoms with Crippen molar-refractivity contribution in [3.63, 3.8) is 0 Å². The summed E-state index contributed by atoms with van der Waals surface area (Å²) in [5.74, 6) is -0.100. The van der Waals surface area contributed by atoms with Gasteiger partial charge in [-0.15, -0.1) is 0 Å². The smallest absolute Gasteiger partial charge is 0.126 e. The largest absolute Gasteiger partial charge is 0.310 e. The number of hydrogen-bond acceptors (Lipinski definition) is 1. The molecule has 1 nitrogen and oxygen atoms in total. The Kier molecular flexibility index (Phi) is 3.83. The first-order valence-corrected chi connectivity index (χ1v) is 7.30. The third-order valence-electron chi connectivity index (χ3n) is 4.12. The fourth-order valence-corrected chi connectivity index (χ4v) is 3.02. The molecule has 1 aliphatic carbocycles. The van der Waals surface area contributed by atoms with Crippen molar-refractivity contribution in [3.8, 4) is 0 Å². The summed E-state index contributed by atoms with van der Waals surface area (Å²) in [6.45, 7) is 2.95. The van der Waals surface area contributed by atoms with E-state index in [0.29, 0.717) is 6.04 Å². The summed E-state index contributed by atoms with van der Waals surface area (Å²) in [5.41, 5.74) is 4.99. The fraction of sp³-hybridized carbons (Fsp3) is 0.333. The van der Waals surface area contributed by atoms with E-state index >= 15 is 0 Å². The van der Waals surface area contributed by atoms with Crippen molar-refractivity contribution in [3.05, 3.63) is 70.5 Å². The predicted molar refractivity (Wildman–Crippen MR) is 80.3 cm³/mol. The van der Waals surface area contributed by atoms with E-state index in [4.69, 9.17) is 0 Å². The van der Waals surface area contributed by atoms with Crippen LogP contribution < -0.4 is 5.32 Å². The van der Waals surface area contributed by atoms with Crippen LogP contribution in [0, 0.1) is 12.7 Å². The maximum Gasteiger partial charge on any atom is 0.126 e. The molecule has 1 atom stereocenters. The van der Waals surface area contributed by atoms with Crippen LogP contribution >= 0.6 is 0 Å². The van der Waals surface area contributed by atoms with Gasteiger partial charge in [-0.05, 0) is 55.5 Å². The molecule has 0 amide bonds. The van der Waals surface area contributed by atoms with Crippen LogP contribution in [0.15, 0.2) is 42.5 Å². The van der Waals surface area contributed by atoms with Gasteiger partial charge in [0.2, 0.25) is 0 Å². The molecule has 0 spiro atoms. The summed E-state index contributed by atoms with van der Waals surface area (Å²) < 4.78 is 13.6. The first-order chi connectivity index (χ1) is 9.74. The molecule has 0 aromatic heterocycles. The molecule has 3 rings (SSSR count). The van der Waals surface area contributed by atoms with Crippen molar-refractivity contribution >= 4 is 0 Å². The predicted octanol–water partition coefficient (Wildman–Crippen LogP) is 3.95. The van der Waals surface area contributed by atoms with E-state index in [9.17, 15) is 4.39 Å². The number of halogens is 1. The number of fused-ring (bicyclic) bond motifs is 1. The molecule has 0 radical (unpaired) electrons. The molecule has 2 aromatic rings. The van der Waals surface area contributed by atoms with Crippen molar-refractivity contribution in [1.29, 1.82) is 0 Å². The molecule has 0 saturated carbocycles. The van der Waals surface area contributed by atoms with Crippen molar-refractivity contribution < 1.29 is 4.39 Å². The minimum Gasteiger partial charge on any atom is -0.310 e. The molecule has 2 aromatic carbocycles. The topological polar surface area (TPSA) is 12.0 Å². The number of benzene rings is 2. The van der Waals surface area contributed by atoms with Gasteiger partial charge < -0.3 is 5.32 Å². The third kappa shape index (κ3) is 2.75. The number of rotatable bonds is 4. The second-order valence-electron chi connectivity index (χ2n) is 5.59. The zero-order chi connectivity index (χ0) is 13.9. The third-order valence-corrected chi connectivity index (χ3v) is 4.12. The van der Waals surface area contributed by atoms with E-state index in [1.807, 2.05) is 12.1 Å². The zero-order valence-corrected chi connectivity index (χ0v) is 11.8. The van der Waals surface area contributed by atoms with Gasteiger partial charge in [0.15, 0.2) is 0 Å². The van der Waals surface area contributed by atoms with E-state index in [0.717, 1.165) is 31.4 Å². The van der Waals surface area contributed by atoms with Crippen LogP contribution in [0.5, 0.6) is 0 Å². The summed E-state index contributed by atoms with van der Waals surface area (Å²) in [6.07, 6.45) is 3.04. The van der Waals surface area contributed by atoms with E-state index < -0.39 is 0 Å². The Hall–Kier alpha value is -1.67. The van der Waals surface area contributed by atoms with E-state index in [1.54, 1.807) is 6.07 Å². The van der Waals surface area contributed by atoms with Crippen molar-refractivity contribution in [1.82, 2.24) is 5.32 Å². The molecule has 20 heavy (non-hydrogen) atoms. The van der Waals surface area contributed by atoms with Gasteiger partial charge in [-0.3, -0.25) is 0 Å². The van der Waals surface area contributed by atoms with Crippen LogP contribution in [-0.2, 0) is 12.8 Å². The van der Waals surface area contributed by atoms with Gasteiger partial charge in [0.1, 0.15) is 5.82 Å². The molecule has 0 heterocycles. The van der Waals surface area contributed by atoms with E-state index in [2.05, 4.69) is 30.4 Å². The summed E-state index contributed by atoms with van der Waals surface area (Å²) in [6, 6.07) is 14.2. The van der Waals surface area contributed by atoms with Gasteiger partial charge in [-0.25, -0.2) is 4.39 Å². The molecule has 0 fully saturated rings. The maximum absolute atomic E-state index is 13.6.